The highest BCUT2D eigenvalue weighted by atomic mass is 19.1. The molecule has 1 aliphatic rings. The van der Waals surface area contributed by atoms with Crippen molar-refractivity contribution in [2.45, 2.75) is 19.6 Å². The van der Waals surface area contributed by atoms with Crippen molar-refractivity contribution < 1.29 is 9.13 Å². The van der Waals surface area contributed by atoms with Crippen LogP contribution in [0, 0.1) is 17.1 Å². The lowest BCUT2D eigenvalue weighted by Gasteiger charge is -2.25. The predicted octanol–water partition coefficient (Wildman–Crippen LogP) is 4.88. The fourth-order valence-electron chi connectivity index (χ4n) is 4.15. The van der Waals surface area contributed by atoms with Gasteiger partial charge in [-0.1, -0.05) is 18.2 Å². The molecule has 0 saturated heterocycles. The summed E-state index contributed by atoms with van der Waals surface area (Å²) in [6, 6.07) is 18.0. The van der Waals surface area contributed by atoms with Crippen molar-refractivity contribution >= 4 is 22.3 Å². The highest BCUT2D eigenvalue weighted by molar-refractivity contribution is 5.79. The molecule has 2 aromatic heterocycles. The van der Waals surface area contributed by atoms with Gasteiger partial charge in [0, 0.05) is 37.5 Å². The van der Waals surface area contributed by atoms with E-state index in [2.05, 4.69) is 32.3 Å². The summed E-state index contributed by atoms with van der Waals surface area (Å²) in [7, 11) is 1.90. The van der Waals surface area contributed by atoms with Gasteiger partial charge in [-0.2, -0.15) is 5.26 Å². The lowest BCUT2D eigenvalue weighted by Crippen LogP contribution is -2.28. The van der Waals surface area contributed by atoms with E-state index in [1.165, 1.54) is 11.6 Å². The van der Waals surface area contributed by atoms with E-state index in [0.29, 0.717) is 11.4 Å². The molecular weight excluding hydrogens is 443 g/mol. The highest BCUT2D eigenvalue weighted by Gasteiger charge is 2.16. The van der Waals surface area contributed by atoms with E-state index < -0.39 is 5.82 Å². The number of aromatic nitrogens is 3. The number of halogens is 1. The number of ether oxygens (including phenoxy) is 1. The topological polar surface area (TPSA) is 89.9 Å². The number of benzene rings is 2. The zero-order chi connectivity index (χ0) is 24.2. The van der Waals surface area contributed by atoms with Crippen LogP contribution in [0.4, 0.5) is 10.1 Å². The van der Waals surface area contributed by atoms with Gasteiger partial charge in [0.1, 0.15) is 18.2 Å². The smallest absolute Gasteiger partial charge is 0.214 e. The minimum atomic E-state index is -0.456. The van der Waals surface area contributed by atoms with Crippen molar-refractivity contribution in [1.29, 1.82) is 5.26 Å². The van der Waals surface area contributed by atoms with E-state index in [9.17, 15) is 4.39 Å². The maximum absolute atomic E-state index is 14.1. The number of nitrogens with one attached hydrogen (secondary N) is 2. The van der Waals surface area contributed by atoms with Crippen LogP contribution in [0.5, 0.6) is 5.88 Å². The number of aromatic amines is 1. The SMILES string of the molecule is CNc1ccc2nc(CN3CC=C(c4cccc(OCc5ccc(C#N)cc5F)n4)CC3)[nH]c2c1. The van der Waals surface area contributed by atoms with Gasteiger partial charge in [0.25, 0.3) is 0 Å². The molecule has 0 saturated carbocycles. The van der Waals surface area contributed by atoms with Crippen LogP contribution in [-0.2, 0) is 13.2 Å². The average Bonchev–Trinajstić information content (AvgIpc) is 3.30. The predicted molar refractivity (Wildman–Crippen MR) is 133 cm³/mol. The molecular formula is C27H25FN6O. The fraction of sp³-hybridized carbons (Fsp3) is 0.222. The number of fused-ring (bicyclic) bond motifs is 1. The van der Waals surface area contributed by atoms with Crippen molar-refractivity contribution in [3.63, 3.8) is 0 Å². The van der Waals surface area contributed by atoms with Gasteiger partial charge in [0.05, 0.1) is 34.9 Å². The average molecular weight is 469 g/mol. The Morgan fingerprint density at radius 2 is 2.09 bits per heavy atom. The minimum absolute atomic E-state index is 0.0497. The molecule has 35 heavy (non-hydrogen) atoms. The molecule has 0 unspecified atom stereocenters. The van der Waals surface area contributed by atoms with Crippen molar-refractivity contribution in [2.75, 3.05) is 25.5 Å². The van der Waals surface area contributed by atoms with Gasteiger partial charge in [0.15, 0.2) is 0 Å². The van der Waals surface area contributed by atoms with Crippen molar-refractivity contribution in [1.82, 2.24) is 19.9 Å². The maximum atomic E-state index is 14.1. The number of rotatable bonds is 7. The first-order valence-corrected chi connectivity index (χ1v) is 11.5. The van der Waals surface area contributed by atoms with E-state index in [1.807, 2.05) is 37.4 Å². The maximum Gasteiger partial charge on any atom is 0.214 e. The molecule has 1 aliphatic heterocycles. The van der Waals surface area contributed by atoms with Crippen LogP contribution in [-0.4, -0.2) is 40.0 Å². The number of anilines is 1. The van der Waals surface area contributed by atoms with Gasteiger partial charge >= 0.3 is 0 Å². The first kappa shape index (κ1) is 22.6. The molecule has 8 heteroatoms. The van der Waals surface area contributed by atoms with E-state index in [0.717, 1.165) is 54.3 Å². The summed E-state index contributed by atoms with van der Waals surface area (Å²) in [6.45, 7) is 2.50. The van der Waals surface area contributed by atoms with Crippen LogP contribution in [0.15, 0.2) is 60.7 Å². The Morgan fingerprint density at radius 3 is 2.86 bits per heavy atom. The summed E-state index contributed by atoms with van der Waals surface area (Å²) in [5.74, 6) is 0.939. The molecule has 2 N–H and O–H groups in total. The third kappa shape index (κ3) is 5.15. The second-order valence-electron chi connectivity index (χ2n) is 8.45. The highest BCUT2D eigenvalue weighted by Crippen LogP contribution is 2.24. The molecule has 0 spiro atoms. The molecule has 0 amide bonds. The molecule has 2 aromatic carbocycles. The van der Waals surface area contributed by atoms with Gasteiger partial charge < -0.3 is 15.0 Å². The molecule has 3 heterocycles. The third-order valence-electron chi connectivity index (χ3n) is 6.10. The third-order valence-corrected chi connectivity index (χ3v) is 6.10. The van der Waals surface area contributed by atoms with Gasteiger partial charge in [-0.05, 0) is 48.4 Å². The molecule has 0 bridgehead atoms. The second kappa shape index (κ2) is 9.95. The van der Waals surface area contributed by atoms with Crippen LogP contribution >= 0.6 is 0 Å². The zero-order valence-electron chi connectivity index (χ0n) is 19.4. The summed E-state index contributed by atoms with van der Waals surface area (Å²) in [5, 5.41) is 12.0. The molecule has 7 nitrogen and oxygen atoms in total. The normalized spacial score (nSPS) is 13.9. The summed E-state index contributed by atoms with van der Waals surface area (Å²) < 4.78 is 19.9. The lowest BCUT2D eigenvalue weighted by molar-refractivity contribution is 0.285. The van der Waals surface area contributed by atoms with Gasteiger partial charge in [0.2, 0.25) is 5.88 Å². The second-order valence-corrected chi connectivity index (χ2v) is 8.45. The summed E-state index contributed by atoms with van der Waals surface area (Å²) in [6.07, 6.45) is 3.06. The van der Waals surface area contributed by atoms with Crippen molar-refractivity contribution in [2.24, 2.45) is 0 Å². The van der Waals surface area contributed by atoms with Crippen molar-refractivity contribution in [3.8, 4) is 11.9 Å². The Bertz CT molecular complexity index is 1440. The molecule has 0 aliphatic carbocycles. The quantitative estimate of drug-likeness (QED) is 0.402. The molecule has 5 rings (SSSR count). The summed E-state index contributed by atoms with van der Waals surface area (Å²) in [5.41, 5.74) is 5.75. The van der Waals surface area contributed by atoms with Gasteiger partial charge in [-0.15, -0.1) is 0 Å². The molecule has 4 aromatic rings. The number of imidazole rings is 1. The number of hydrogen-bond donors (Lipinski definition) is 2. The van der Waals surface area contributed by atoms with Gasteiger partial charge in [-0.3, -0.25) is 4.90 Å². The molecule has 176 valence electrons. The molecule has 0 fully saturated rings. The summed E-state index contributed by atoms with van der Waals surface area (Å²) >= 11 is 0. The van der Waals surface area contributed by atoms with Crippen LogP contribution in [0.25, 0.3) is 16.6 Å². The van der Waals surface area contributed by atoms with E-state index in [1.54, 1.807) is 18.2 Å². The first-order chi connectivity index (χ1) is 17.1. The first-order valence-electron chi connectivity index (χ1n) is 11.5. The Hall–Kier alpha value is -4.22. The minimum Gasteiger partial charge on any atom is -0.473 e. The van der Waals surface area contributed by atoms with Crippen LogP contribution in [0.1, 0.15) is 29.1 Å². The van der Waals surface area contributed by atoms with E-state index in [-0.39, 0.29) is 12.2 Å². The van der Waals surface area contributed by atoms with E-state index >= 15 is 0 Å². The molecule has 0 radical (unpaired) electrons. The Morgan fingerprint density at radius 1 is 1.17 bits per heavy atom. The van der Waals surface area contributed by atoms with Crippen molar-refractivity contribution in [3.05, 3.63) is 89.1 Å². The Kier molecular flexibility index (Phi) is 6.42. The van der Waals surface area contributed by atoms with Gasteiger partial charge in [-0.25, -0.2) is 14.4 Å². The van der Waals surface area contributed by atoms with Crippen LogP contribution < -0.4 is 10.1 Å². The number of pyridine rings is 1. The van der Waals surface area contributed by atoms with Crippen LogP contribution in [0.3, 0.4) is 0 Å². The Labute approximate surface area is 202 Å². The number of H-pyrrole nitrogens is 1. The number of nitriles is 1. The molecule has 0 atom stereocenters. The van der Waals surface area contributed by atoms with E-state index in [4.69, 9.17) is 15.0 Å². The standard InChI is InChI=1S/C27H25FN6O/c1-30-21-7-8-24-25(14-21)32-26(31-24)16-34-11-9-19(10-12-34)23-3-2-4-27(33-23)35-17-20-6-5-18(15-29)13-22(20)28/h2-9,13-14,30H,10-12,16-17H2,1H3,(H,31,32). The summed E-state index contributed by atoms with van der Waals surface area (Å²) in [4.78, 5) is 15.1. The van der Waals surface area contributed by atoms with Crippen LogP contribution in [0.2, 0.25) is 0 Å². The Balaban J connectivity index is 1.21. The zero-order valence-corrected chi connectivity index (χ0v) is 19.4. The largest absolute Gasteiger partial charge is 0.473 e. The monoisotopic (exact) mass is 468 g/mol. The lowest BCUT2D eigenvalue weighted by atomic mass is 10.0. The number of nitrogens with zero attached hydrogens (tertiary/aromatic N) is 4. The number of hydrogen-bond acceptors (Lipinski definition) is 6. The fourth-order valence-corrected chi connectivity index (χ4v) is 4.15.